The predicted molar refractivity (Wildman–Crippen MR) is 80.3 cm³/mol. The number of carbonyl (C=O) groups excluding carboxylic acids is 1. The highest BCUT2D eigenvalue weighted by atomic mass is 35.5. The van der Waals surface area contributed by atoms with E-state index >= 15 is 0 Å². The largest absolute Gasteiger partial charge is 0.355 e. The maximum atomic E-state index is 12.2. The van der Waals surface area contributed by atoms with Gasteiger partial charge in [-0.15, -0.1) is 12.4 Å². The van der Waals surface area contributed by atoms with Gasteiger partial charge in [0.15, 0.2) is 0 Å². The molecule has 18 heavy (non-hydrogen) atoms. The molecule has 0 unspecified atom stereocenters. The van der Waals surface area contributed by atoms with Crippen molar-refractivity contribution in [1.29, 1.82) is 0 Å². The minimum Gasteiger partial charge on any atom is -0.355 e. The highest BCUT2D eigenvalue weighted by Gasteiger charge is 2.39. The molecular weight excluding hydrogens is 268 g/mol. The monoisotopic (exact) mass is 292 g/mol. The molecule has 1 amide bonds. The number of amides is 1. The van der Waals surface area contributed by atoms with E-state index < -0.39 is 0 Å². The zero-order valence-corrected chi connectivity index (χ0v) is 12.6. The summed E-state index contributed by atoms with van der Waals surface area (Å²) in [6.07, 6.45) is 6.78. The summed E-state index contributed by atoms with van der Waals surface area (Å²) >= 11 is 2.03. The van der Waals surface area contributed by atoms with E-state index in [2.05, 4.69) is 5.32 Å². The lowest BCUT2D eigenvalue weighted by atomic mass is 9.85. The third-order valence-electron chi connectivity index (χ3n) is 4.33. The van der Waals surface area contributed by atoms with E-state index in [1.807, 2.05) is 11.8 Å². The van der Waals surface area contributed by atoms with Gasteiger partial charge in [-0.05, 0) is 43.1 Å². The number of hydrogen-bond donors (Lipinski definition) is 2. The minimum absolute atomic E-state index is 0. The highest BCUT2D eigenvalue weighted by molar-refractivity contribution is 7.99. The number of halogens is 1. The lowest BCUT2D eigenvalue weighted by molar-refractivity contribution is -0.130. The SMILES string of the molecule is Cl.NCC1(C(=O)NCC2CCSCC2)CCCC1. The summed E-state index contributed by atoms with van der Waals surface area (Å²) < 4.78 is 0. The maximum absolute atomic E-state index is 12.2. The van der Waals surface area contributed by atoms with Crippen molar-refractivity contribution in [3.05, 3.63) is 0 Å². The van der Waals surface area contributed by atoms with Gasteiger partial charge in [0, 0.05) is 13.1 Å². The van der Waals surface area contributed by atoms with Crippen molar-refractivity contribution >= 4 is 30.1 Å². The standard InChI is InChI=1S/C13H24N2OS.ClH/c14-10-13(5-1-2-6-13)12(16)15-9-11-3-7-17-8-4-11;/h11H,1-10,14H2,(H,15,16);1H. The number of thioether (sulfide) groups is 1. The van der Waals surface area contributed by atoms with Gasteiger partial charge in [-0.25, -0.2) is 0 Å². The average molecular weight is 293 g/mol. The average Bonchev–Trinajstić information content (AvgIpc) is 2.87. The molecule has 1 aliphatic heterocycles. The first-order valence-electron chi connectivity index (χ1n) is 6.83. The number of nitrogens with two attached hydrogens (primary N) is 1. The van der Waals surface area contributed by atoms with Crippen molar-refractivity contribution in [2.24, 2.45) is 17.1 Å². The molecule has 0 radical (unpaired) electrons. The van der Waals surface area contributed by atoms with Crippen molar-refractivity contribution in [2.45, 2.75) is 38.5 Å². The Morgan fingerprint density at radius 2 is 1.89 bits per heavy atom. The summed E-state index contributed by atoms with van der Waals surface area (Å²) in [5.41, 5.74) is 5.58. The lowest BCUT2D eigenvalue weighted by Crippen LogP contribution is -2.45. The van der Waals surface area contributed by atoms with Crippen LogP contribution in [0.25, 0.3) is 0 Å². The van der Waals surface area contributed by atoms with Crippen LogP contribution in [0, 0.1) is 11.3 Å². The predicted octanol–water partition coefficient (Wildman–Crippen LogP) is 2.19. The number of rotatable bonds is 4. The van der Waals surface area contributed by atoms with Crippen LogP contribution < -0.4 is 11.1 Å². The van der Waals surface area contributed by atoms with E-state index in [0.29, 0.717) is 12.5 Å². The Morgan fingerprint density at radius 3 is 2.44 bits per heavy atom. The lowest BCUT2D eigenvalue weighted by Gasteiger charge is -2.28. The Labute approximate surface area is 120 Å². The molecule has 0 aromatic heterocycles. The van der Waals surface area contributed by atoms with Gasteiger partial charge in [-0.3, -0.25) is 4.79 Å². The smallest absolute Gasteiger partial charge is 0.227 e. The van der Waals surface area contributed by atoms with Crippen LogP contribution in [0.4, 0.5) is 0 Å². The van der Waals surface area contributed by atoms with Gasteiger partial charge in [-0.1, -0.05) is 12.8 Å². The molecule has 0 atom stereocenters. The fourth-order valence-corrected chi connectivity index (χ4v) is 4.15. The van der Waals surface area contributed by atoms with Gasteiger partial charge in [0.2, 0.25) is 5.91 Å². The van der Waals surface area contributed by atoms with Crippen LogP contribution in [-0.4, -0.2) is 30.5 Å². The summed E-state index contributed by atoms with van der Waals surface area (Å²) in [5, 5.41) is 3.16. The first-order chi connectivity index (χ1) is 8.27. The zero-order valence-electron chi connectivity index (χ0n) is 11.0. The van der Waals surface area contributed by atoms with E-state index in [9.17, 15) is 4.79 Å². The zero-order chi connectivity index (χ0) is 12.1. The molecule has 1 heterocycles. The topological polar surface area (TPSA) is 55.1 Å². The van der Waals surface area contributed by atoms with E-state index in [-0.39, 0.29) is 23.7 Å². The van der Waals surface area contributed by atoms with Crippen LogP contribution in [0.15, 0.2) is 0 Å². The summed E-state index contributed by atoms with van der Waals surface area (Å²) in [7, 11) is 0. The van der Waals surface area contributed by atoms with E-state index in [1.54, 1.807) is 0 Å². The molecule has 2 fully saturated rings. The van der Waals surface area contributed by atoms with E-state index in [4.69, 9.17) is 5.73 Å². The van der Waals surface area contributed by atoms with Crippen molar-refractivity contribution in [1.82, 2.24) is 5.32 Å². The van der Waals surface area contributed by atoms with Gasteiger partial charge in [0.25, 0.3) is 0 Å². The van der Waals surface area contributed by atoms with Crippen LogP contribution in [-0.2, 0) is 4.79 Å². The second-order valence-corrected chi connectivity index (χ2v) is 6.68. The van der Waals surface area contributed by atoms with E-state index in [1.165, 1.54) is 24.3 Å². The van der Waals surface area contributed by atoms with Gasteiger partial charge in [0.1, 0.15) is 0 Å². The number of carbonyl (C=O) groups is 1. The Hall–Kier alpha value is 0.0700. The first kappa shape index (κ1) is 16.1. The number of nitrogens with one attached hydrogen (secondary N) is 1. The van der Waals surface area contributed by atoms with E-state index in [0.717, 1.165) is 32.2 Å². The Kier molecular flexibility index (Phi) is 6.82. The van der Waals surface area contributed by atoms with Crippen LogP contribution in [0.2, 0.25) is 0 Å². The third-order valence-corrected chi connectivity index (χ3v) is 5.37. The third kappa shape index (κ3) is 3.78. The van der Waals surface area contributed by atoms with Crippen molar-refractivity contribution in [2.75, 3.05) is 24.6 Å². The quantitative estimate of drug-likeness (QED) is 0.835. The Bertz CT molecular complexity index is 264. The van der Waals surface area contributed by atoms with Crippen LogP contribution in [0.3, 0.4) is 0 Å². The van der Waals surface area contributed by atoms with Crippen LogP contribution >= 0.6 is 24.2 Å². The van der Waals surface area contributed by atoms with Crippen LogP contribution in [0.5, 0.6) is 0 Å². The molecule has 1 saturated carbocycles. The number of hydrogen-bond acceptors (Lipinski definition) is 3. The summed E-state index contributed by atoms with van der Waals surface area (Å²) in [4.78, 5) is 12.2. The van der Waals surface area contributed by atoms with Gasteiger partial charge in [-0.2, -0.15) is 11.8 Å². The summed E-state index contributed by atoms with van der Waals surface area (Å²) in [5.74, 6) is 3.41. The molecular formula is C13H25ClN2OS. The molecule has 3 nitrogen and oxygen atoms in total. The molecule has 3 N–H and O–H groups in total. The Morgan fingerprint density at radius 1 is 1.28 bits per heavy atom. The maximum Gasteiger partial charge on any atom is 0.227 e. The molecule has 1 aliphatic carbocycles. The van der Waals surface area contributed by atoms with Gasteiger partial charge in [0.05, 0.1) is 5.41 Å². The molecule has 5 heteroatoms. The summed E-state index contributed by atoms with van der Waals surface area (Å²) in [6, 6.07) is 0. The fraction of sp³-hybridized carbons (Fsp3) is 0.923. The molecule has 0 bridgehead atoms. The second-order valence-electron chi connectivity index (χ2n) is 5.46. The normalized spacial score (nSPS) is 23.4. The van der Waals surface area contributed by atoms with Crippen molar-refractivity contribution in [3.8, 4) is 0 Å². The van der Waals surface area contributed by atoms with Gasteiger partial charge >= 0.3 is 0 Å². The first-order valence-corrected chi connectivity index (χ1v) is 7.98. The van der Waals surface area contributed by atoms with Crippen molar-refractivity contribution in [3.63, 3.8) is 0 Å². The highest BCUT2D eigenvalue weighted by Crippen LogP contribution is 2.37. The molecule has 2 rings (SSSR count). The minimum atomic E-state index is -0.233. The van der Waals surface area contributed by atoms with Gasteiger partial charge < -0.3 is 11.1 Å². The second kappa shape index (κ2) is 7.61. The Balaban J connectivity index is 0.00000162. The van der Waals surface area contributed by atoms with Crippen LogP contribution in [0.1, 0.15) is 38.5 Å². The summed E-state index contributed by atoms with van der Waals surface area (Å²) in [6.45, 7) is 1.38. The fourth-order valence-electron chi connectivity index (χ4n) is 2.95. The molecule has 0 aromatic rings. The molecule has 2 aliphatic rings. The molecule has 0 spiro atoms. The molecule has 106 valence electrons. The molecule has 0 aromatic carbocycles. The molecule has 1 saturated heterocycles. The van der Waals surface area contributed by atoms with Crippen molar-refractivity contribution < 1.29 is 4.79 Å².